The maximum Gasteiger partial charge on any atom is 0.185 e. The Kier molecular flexibility index (Phi) is 6.34. The molecule has 0 spiro atoms. The summed E-state index contributed by atoms with van der Waals surface area (Å²) in [6.07, 6.45) is 5.10. The molecule has 0 atom stereocenters. The van der Waals surface area contributed by atoms with E-state index < -0.39 is 0 Å². The van der Waals surface area contributed by atoms with Crippen LogP contribution in [-0.4, -0.2) is 31.4 Å². The number of hydrogen-bond donors (Lipinski definition) is 1. The minimum Gasteiger partial charge on any atom is -0.504 e. The highest BCUT2D eigenvalue weighted by atomic mass is 79.9. The second kappa shape index (κ2) is 8.26. The molecular formula is C18H17BrO4S. The van der Waals surface area contributed by atoms with Gasteiger partial charge in [0.15, 0.2) is 17.3 Å². The molecule has 0 saturated carbocycles. The summed E-state index contributed by atoms with van der Waals surface area (Å²) in [4.78, 5) is 13.3. The first-order valence-electron chi connectivity index (χ1n) is 7.01. The average molecular weight is 409 g/mol. The number of phenols is 1. The van der Waals surface area contributed by atoms with Crippen LogP contribution in [0, 0.1) is 0 Å². The van der Waals surface area contributed by atoms with Crippen LogP contribution in [0.1, 0.15) is 15.9 Å². The standard InChI is InChI=1S/C18H17BrO4S/c1-22-16-8-11(13(19)10-15(16)21)4-6-14(20)12-5-7-18(24-3)17(9-12)23-2/h4-10,21H,1-3H3. The summed E-state index contributed by atoms with van der Waals surface area (Å²) in [7, 11) is 3.06. The highest BCUT2D eigenvalue weighted by Gasteiger charge is 2.09. The van der Waals surface area contributed by atoms with Crippen LogP contribution in [0.4, 0.5) is 0 Å². The lowest BCUT2D eigenvalue weighted by atomic mass is 10.1. The van der Waals surface area contributed by atoms with Crippen molar-refractivity contribution in [2.24, 2.45) is 0 Å². The van der Waals surface area contributed by atoms with E-state index >= 15 is 0 Å². The van der Waals surface area contributed by atoms with Gasteiger partial charge in [-0.05, 0) is 54.3 Å². The molecule has 0 aromatic heterocycles. The predicted molar refractivity (Wildman–Crippen MR) is 100 cm³/mol. The van der Waals surface area contributed by atoms with Crippen molar-refractivity contribution in [3.05, 3.63) is 52.0 Å². The third kappa shape index (κ3) is 4.13. The number of benzene rings is 2. The van der Waals surface area contributed by atoms with Gasteiger partial charge in [-0.25, -0.2) is 0 Å². The van der Waals surface area contributed by atoms with Crippen molar-refractivity contribution in [2.45, 2.75) is 4.90 Å². The van der Waals surface area contributed by atoms with E-state index in [1.165, 1.54) is 19.3 Å². The van der Waals surface area contributed by atoms with Crippen LogP contribution >= 0.6 is 27.7 Å². The Morgan fingerprint density at radius 2 is 1.88 bits per heavy atom. The number of halogens is 1. The molecule has 2 aromatic rings. The van der Waals surface area contributed by atoms with Gasteiger partial charge in [0.25, 0.3) is 0 Å². The van der Waals surface area contributed by atoms with Crippen LogP contribution in [-0.2, 0) is 0 Å². The van der Waals surface area contributed by atoms with Crippen LogP contribution in [0.25, 0.3) is 6.08 Å². The molecule has 0 radical (unpaired) electrons. The van der Waals surface area contributed by atoms with Crippen LogP contribution in [0.15, 0.2) is 45.8 Å². The Bertz CT molecular complexity index is 787. The fourth-order valence-corrected chi connectivity index (χ4v) is 3.11. The third-order valence-electron chi connectivity index (χ3n) is 3.38. The molecule has 0 fully saturated rings. The first kappa shape index (κ1) is 18.4. The minimum atomic E-state index is -0.139. The highest BCUT2D eigenvalue weighted by Crippen LogP contribution is 2.33. The molecule has 1 N–H and O–H groups in total. The van der Waals surface area contributed by atoms with E-state index in [4.69, 9.17) is 9.47 Å². The normalized spacial score (nSPS) is 10.8. The van der Waals surface area contributed by atoms with Crippen molar-refractivity contribution in [1.29, 1.82) is 0 Å². The summed E-state index contributed by atoms with van der Waals surface area (Å²) in [6, 6.07) is 8.54. The van der Waals surface area contributed by atoms with Crippen molar-refractivity contribution in [2.75, 3.05) is 20.5 Å². The number of allylic oxidation sites excluding steroid dienone is 1. The average Bonchev–Trinajstić information content (AvgIpc) is 2.60. The maximum atomic E-state index is 12.4. The van der Waals surface area contributed by atoms with E-state index in [0.717, 1.165) is 10.5 Å². The Labute approximate surface area is 153 Å². The molecule has 4 nitrogen and oxygen atoms in total. The van der Waals surface area contributed by atoms with Crippen molar-refractivity contribution in [3.8, 4) is 17.2 Å². The van der Waals surface area contributed by atoms with Gasteiger partial charge in [0.2, 0.25) is 0 Å². The molecule has 2 aromatic carbocycles. The topological polar surface area (TPSA) is 55.8 Å². The zero-order valence-electron chi connectivity index (χ0n) is 13.5. The monoisotopic (exact) mass is 408 g/mol. The number of ketones is 1. The van der Waals surface area contributed by atoms with Crippen LogP contribution in [0.2, 0.25) is 0 Å². The van der Waals surface area contributed by atoms with E-state index in [1.807, 2.05) is 12.3 Å². The molecular weight excluding hydrogens is 392 g/mol. The number of hydrogen-bond acceptors (Lipinski definition) is 5. The van der Waals surface area contributed by atoms with Crippen molar-refractivity contribution >= 4 is 39.6 Å². The number of aromatic hydroxyl groups is 1. The number of phenolic OH excluding ortho intramolecular Hbond substituents is 1. The Morgan fingerprint density at radius 3 is 2.50 bits per heavy atom. The predicted octanol–water partition coefficient (Wildman–Crippen LogP) is 4.79. The van der Waals surface area contributed by atoms with Crippen molar-refractivity contribution in [1.82, 2.24) is 0 Å². The summed E-state index contributed by atoms with van der Waals surface area (Å²) in [5, 5.41) is 9.72. The highest BCUT2D eigenvalue weighted by molar-refractivity contribution is 9.10. The van der Waals surface area contributed by atoms with Gasteiger partial charge in [-0.2, -0.15) is 0 Å². The number of thioether (sulfide) groups is 1. The molecule has 0 unspecified atom stereocenters. The number of rotatable bonds is 6. The Balaban J connectivity index is 2.28. The zero-order valence-corrected chi connectivity index (χ0v) is 15.9. The molecule has 2 rings (SSSR count). The van der Waals surface area contributed by atoms with Crippen LogP contribution in [0.3, 0.4) is 0 Å². The SMILES string of the molecule is COc1cc(C=CC(=O)c2ccc(SC)c(OC)c2)c(Br)cc1O. The number of carbonyl (C=O) groups is 1. The summed E-state index contributed by atoms with van der Waals surface area (Å²) in [6.45, 7) is 0. The summed E-state index contributed by atoms with van der Waals surface area (Å²) in [5.41, 5.74) is 1.27. The van der Waals surface area contributed by atoms with Gasteiger partial charge in [0, 0.05) is 14.9 Å². The molecule has 0 saturated heterocycles. The second-order valence-electron chi connectivity index (χ2n) is 4.81. The Morgan fingerprint density at radius 1 is 1.17 bits per heavy atom. The van der Waals surface area contributed by atoms with Crippen LogP contribution < -0.4 is 9.47 Å². The fraction of sp³-hybridized carbons (Fsp3) is 0.167. The molecule has 24 heavy (non-hydrogen) atoms. The van der Waals surface area contributed by atoms with Gasteiger partial charge in [-0.15, -0.1) is 11.8 Å². The number of carbonyl (C=O) groups excluding carboxylic acids is 1. The van der Waals surface area contributed by atoms with Gasteiger partial charge >= 0.3 is 0 Å². The van der Waals surface area contributed by atoms with Gasteiger partial charge in [0.1, 0.15) is 5.75 Å². The van der Waals surface area contributed by atoms with Gasteiger partial charge in [0.05, 0.1) is 14.2 Å². The summed E-state index contributed by atoms with van der Waals surface area (Å²) < 4.78 is 11.0. The molecule has 0 amide bonds. The minimum absolute atomic E-state index is 0.0326. The van der Waals surface area contributed by atoms with E-state index in [-0.39, 0.29) is 11.5 Å². The lowest BCUT2D eigenvalue weighted by molar-refractivity contribution is 0.104. The number of methoxy groups -OCH3 is 2. The van der Waals surface area contributed by atoms with Crippen LogP contribution in [0.5, 0.6) is 17.2 Å². The molecule has 0 aliphatic heterocycles. The van der Waals surface area contributed by atoms with E-state index in [9.17, 15) is 9.90 Å². The third-order valence-corrected chi connectivity index (χ3v) is 4.84. The molecule has 126 valence electrons. The maximum absolute atomic E-state index is 12.4. The first-order chi connectivity index (χ1) is 11.5. The molecule has 6 heteroatoms. The van der Waals surface area contributed by atoms with Gasteiger partial charge < -0.3 is 14.6 Å². The van der Waals surface area contributed by atoms with Gasteiger partial charge in [-0.3, -0.25) is 4.79 Å². The second-order valence-corrected chi connectivity index (χ2v) is 6.52. The molecule has 0 aliphatic carbocycles. The van der Waals surface area contributed by atoms with E-state index in [1.54, 1.807) is 43.1 Å². The number of ether oxygens (including phenoxy) is 2. The van der Waals surface area contributed by atoms with Gasteiger partial charge in [-0.1, -0.05) is 15.9 Å². The molecule has 0 aliphatic rings. The summed E-state index contributed by atoms with van der Waals surface area (Å²) in [5.74, 6) is 0.913. The molecule has 0 bridgehead atoms. The lowest BCUT2D eigenvalue weighted by Crippen LogP contribution is -1.96. The quantitative estimate of drug-likeness (QED) is 0.422. The Hall–Kier alpha value is -1.92. The summed E-state index contributed by atoms with van der Waals surface area (Å²) >= 11 is 4.92. The smallest absolute Gasteiger partial charge is 0.185 e. The van der Waals surface area contributed by atoms with Crippen molar-refractivity contribution < 1.29 is 19.4 Å². The van der Waals surface area contributed by atoms with Crippen molar-refractivity contribution in [3.63, 3.8) is 0 Å². The lowest BCUT2D eigenvalue weighted by Gasteiger charge is -2.08. The molecule has 0 heterocycles. The van der Waals surface area contributed by atoms with E-state index in [0.29, 0.717) is 21.5 Å². The first-order valence-corrected chi connectivity index (χ1v) is 9.02. The zero-order chi connectivity index (χ0) is 17.7. The largest absolute Gasteiger partial charge is 0.504 e. The fourth-order valence-electron chi connectivity index (χ4n) is 2.10. The van der Waals surface area contributed by atoms with E-state index in [2.05, 4.69) is 15.9 Å².